The molecule has 3 N–H and O–H groups in total. The Balaban J connectivity index is 0.000000209. The smallest absolute Gasteiger partial charge is 0.194 e. The van der Waals surface area contributed by atoms with Crippen molar-refractivity contribution in [1.82, 2.24) is 0 Å². The molecule has 0 aromatic heterocycles. The first kappa shape index (κ1) is 49.3. The zero-order valence-corrected chi connectivity index (χ0v) is 36.0. The first-order valence-corrected chi connectivity index (χ1v) is 22.0. The lowest BCUT2D eigenvalue weighted by Gasteiger charge is -2.41. The van der Waals surface area contributed by atoms with Crippen LogP contribution in [0, 0.1) is 70.2 Å². The van der Waals surface area contributed by atoms with Gasteiger partial charge in [0.1, 0.15) is 11.6 Å². The number of hydrogen-bond acceptors (Lipinski definition) is 5. The third-order valence-electron chi connectivity index (χ3n) is 12.9. The van der Waals surface area contributed by atoms with Gasteiger partial charge in [-0.05, 0) is 122 Å². The Morgan fingerprint density at radius 2 is 0.984 bits per heavy atom. The van der Waals surface area contributed by atoms with E-state index in [0.717, 1.165) is 93.6 Å². The van der Waals surface area contributed by atoms with Crippen LogP contribution in [0.2, 0.25) is 0 Å². The van der Waals surface area contributed by atoms with Crippen molar-refractivity contribution >= 4 is 5.57 Å². The minimum absolute atomic E-state index is 0. The Bertz CT molecular complexity index is 2180. The summed E-state index contributed by atoms with van der Waals surface area (Å²) in [7, 11) is 0. The summed E-state index contributed by atoms with van der Waals surface area (Å²) in [5.41, 5.74) is 0.799. The van der Waals surface area contributed by atoms with Crippen molar-refractivity contribution in [3.63, 3.8) is 0 Å². The minimum atomic E-state index is -1.59. The van der Waals surface area contributed by atoms with Crippen LogP contribution in [0.4, 0.5) is 35.1 Å². The molecule has 0 amide bonds. The zero-order chi connectivity index (χ0) is 44.8. The predicted octanol–water partition coefficient (Wildman–Crippen LogP) is 12.1. The van der Waals surface area contributed by atoms with Gasteiger partial charge >= 0.3 is 0 Å². The van der Waals surface area contributed by atoms with E-state index in [1.165, 1.54) is 24.3 Å². The molecule has 1 unspecified atom stereocenters. The lowest BCUT2D eigenvalue weighted by molar-refractivity contribution is -0.233. The molecule has 4 aromatic rings. The molecule has 2 aliphatic carbocycles. The van der Waals surface area contributed by atoms with E-state index in [9.17, 15) is 40.2 Å². The first-order valence-electron chi connectivity index (χ1n) is 22.0. The second-order valence-electron chi connectivity index (χ2n) is 17.4. The number of ether oxygens (including phenoxy) is 4. The van der Waals surface area contributed by atoms with Gasteiger partial charge in [0.15, 0.2) is 47.5 Å². The van der Waals surface area contributed by atoms with Gasteiger partial charge in [-0.2, -0.15) is 0 Å². The van der Waals surface area contributed by atoms with Crippen molar-refractivity contribution < 1.29 is 64.7 Å². The number of allylic oxidation sites excluding steroid dienone is 2. The molecule has 3 fully saturated rings. The van der Waals surface area contributed by atoms with Crippen molar-refractivity contribution in [3.05, 3.63) is 124 Å². The number of halogens is 8. The average molecular weight is 905 g/mol. The van der Waals surface area contributed by atoms with E-state index >= 15 is 0 Å². The van der Waals surface area contributed by atoms with E-state index in [1.54, 1.807) is 12.1 Å². The standard InChI is InChI=1S/C25H28F4O3.C25H26F4O2.H2O/c1-2-3-15-13-31-24(32-14-15)16-6-8-25(30,9-7-16)18-4-5-19(20(26)12-18)17-10-21(27)23(29)22(28)11-17;1-2-3-15-13-30-25(31-14-15)17-6-4-16(5-7-17)18-8-9-20(21(26)10-18)19-11-22(27)24(29)23(28)12-19;/h4-5,10-12,15-16,24,30H,2-3,6-9,13-14H2,1H3;4,8-12,15,17,25H,2-3,5-7,13-14H2,1H3;1H2. The van der Waals surface area contributed by atoms with E-state index in [2.05, 4.69) is 19.9 Å². The SMILES string of the molecule is CCCC1COC(C2CC=C(c3ccc(-c4cc(F)c(F)c(F)c4)c(F)c3)CC2)OC1.CCCC1COC(C2CCC(O)(c3ccc(-c4cc(F)c(F)c(F)c4)c(F)c3)CC2)OC1.O. The topological polar surface area (TPSA) is 88.7 Å². The monoisotopic (exact) mass is 904 g/mol. The van der Waals surface area contributed by atoms with Gasteiger partial charge < -0.3 is 29.5 Å². The highest BCUT2D eigenvalue weighted by molar-refractivity contribution is 5.71. The molecule has 0 radical (unpaired) electrons. The number of aliphatic hydroxyl groups is 1. The van der Waals surface area contributed by atoms with Gasteiger partial charge in [0, 0.05) is 34.8 Å². The van der Waals surface area contributed by atoms with Crippen LogP contribution in [0.15, 0.2) is 66.7 Å². The molecule has 2 heterocycles. The van der Waals surface area contributed by atoms with Gasteiger partial charge in [-0.15, -0.1) is 0 Å². The van der Waals surface area contributed by atoms with E-state index in [0.29, 0.717) is 56.3 Å². The Morgan fingerprint density at radius 3 is 1.41 bits per heavy atom. The molecule has 8 rings (SSSR count). The van der Waals surface area contributed by atoms with Crippen LogP contribution in [0.5, 0.6) is 0 Å². The lowest BCUT2D eigenvalue weighted by atomic mass is 9.74. The normalized spacial score (nSPS) is 26.0. The Labute approximate surface area is 368 Å². The molecule has 1 atom stereocenters. The summed E-state index contributed by atoms with van der Waals surface area (Å²) in [4.78, 5) is 0. The van der Waals surface area contributed by atoms with Gasteiger partial charge in [0.05, 0.1) is 32.0 Å². The van der Waals surface area contributed by atoms with Crippen molar-refractivity contribution in [2.75, 3.05) is 26.4 Å². The fourth-order valence-electron chi connectivity index (χ4n) is 9.26. The van der Waals surface area contributed by atoms with Gasteiger partial charge in [-0.1, -0.05) is 57.0 Å². The summed E-state index contributed by atoms with van der Waals surface area (Å²) >= 11 is 0. The molecule has 0 bridgehead atoms. The summed E-state index contributed by atoms with van der Waals surface area (Å²) in [5, 5.41) is 11.2. The van der Waals surface area contributed by atoms with E-state index in [1.807, 2.05) is 0 Å². The number of benzene rings is 4. The van der Waals surface area contributed by atoms with Crippen LogP contribution in [0.1, 0.15) is 95.6 Å². The van der Waals surface area contributed by atoms with Crippen molar-refractivity contribution in [2.45, 2.75) is 103 Å². The second kappa shape index (κ2) is 21.9. The molecule has 0 spiro atoms. The van der Waals surface area contributed by atoms with Crippen molar-refractivity contribution in [2.24, 2.45) is 23.7 Å². The third-order valence-corrected chi connectivity index (χ3v) is 12.9. The molecular formula is C50H56F8O6. The van der Waals surface area contributed by atoms with Crippen molar-refractivity contribution in [1.29, 1.82) is 0 Å². The molecular weight excluding hydrogens is 849 g/mol. The molecule has 2 aliphatic heterocycles. The van der Waals surface area contributed by atoms with E-state index < -0.39 is 52.1 Å². The highest BCUT2D eigenvalue weighted by atomic mass is 19.2. The molecule has 4 aliphatic rings. The maximum atomic E-state index is 14.8. The van der Waals surface area contributed by atoms with Crippen molar-refractivity contribution in [3.8, 4) is 22.3 Å². The second-order valence-corrected chi connectivity index (χ2v) is 17.4. The average Bonchev–Trinajstić information content (AvgIpc) is 3.28. The third kappa shape index (κ3) is 11.4. The highest BCUT2D eigenvalue weighted by Crippen LogP contribution is 2.43. The summed E-state index contributed by atoms with van der Waals surface area (Å²) < 4.78 is 134. The quantitative estimate of drug-likeness (QED) is 0.126. The molecule has 14 heteroatoms. The Kier molecular flexibility index (Phi) is 16.8. The summed E-state index contributed by atoms with van der Waals surface area (Å²) in [5.74, 6) is -8.58. The first-order chi connectivity index (χ1) is 30.3. The van der Waals surface area contributed by atoms with Crippen LogP contribution in [-0.2, 0) is 24.5 Å². The van der Waals surface area contributed by atoms with Gasteiger partial charge in [-0.3, -0.25) is 0 Å². The van der Waals surface area contributed by atoms with Gasteiger partial charge in [0.25, 0.3) is 0 Å². The largest absolute Gasteiger partial charge is 0.412 e. The predicted molar refractivity (Wildman–Crippen MR) is 226 cm³/mol. The van der Waals surface area contributed by atoms with E-state index in [4.69, 9.17) is 18.9 Å². The maximum absolute atomic E-state index is 14.8. The van der Waals surface area contributed by atoms with Crippen LogP contribution >= 0.6 is 0 Å². The fraction of sp³-hybridized carbons (Fsp3) is 0.480. The highest BCUT2D eigenvalue weighted by Gasteiger charge is 2.40. The van der Waals surface area contributed by atoms with Gasteiger partial charge in [0.2, 0.25) is 0 Å². The molecule has 2 saturated heterocycles. The number of rotatable bonds is 10. The lowest BCUT2D eigenvalue weighted by Crippen LogP contribution is -2.41. The summed E-state index contributed by atoms with van der Waals surface area (Å²) in [6.45, 7) is 7.16. The summed E-state index contributed by atoms with van der Waals surface area (Å²) in [6.07, 6.45) is 10.7. The summed E-state index contributed by atoms with van der Waals surface area (Å²) in [6, 6.07) is 11.8. The van der Waals surface area contributed by atoms with E-state index in [-0.39, 0.29) is 52.1 Å². The molecule has 6 nitrogen and oxygen atoms in total. The van der Waals surface area contributed by atoms with Gasteiger partial charge in [-0.25, -0.2) is 35.1 Å². The van der Waals surface area contributed by atoms with Crippen LogP contribution in [0.3, 0.4) is 0 Å². The number of hydrogen-bond donors (Lipinski definition) is 1. The van der Waals surface area contributed by atoms with Crippen LogP contribution in [0.25, 0.3) is 27.8 Å². The maximum Gasteiger partial charge on any atom is 0.194 e. The Morgan fingerprint density at radius 1 is 0.547 bits per heavy atom. The molecule has 4 aromatic carbocycles. The zero-order valence-electron chi connectivity index (χ0n) is 36.0. The van der Waals surface area contributed by atoms with Crippen LogP contribution in [-0.4, -0.2) is 49.6 Å². The minimum Gasteiger partial charge on any atom is -0.412 e. The molecule has 64 heavy (non-hydrogen) atoms. The van der Waals surface area contributed by atoms with Crippen LogP contribution < -0.4 is 0 Å². The molecule has 1 saturated carbocycles. The Hall–Kier alpha value is -4.18. The molecule has 348 valence electrons. The fourth-order valence-corrected chi connectivity index (χ4v) is 9.26.